The number of thiocarbonyl (C=S) groups is 1. The van der Waals surface area contributed by atoms with Crippen molar-refractivity contribution in [3.8, 4) is 0 Å². The molecule has 20 heavy (non-hydrogen) atoms. The molecule has 100 valence electrons. The van der Waals surface area contributed by atoms with Gasteiger partial charge in [0, 0.05) is 11.3 Å². The summed E-state index contributed by atoms with van der Waals surface area (Å²) in [7, 11) is 0. The number of hydrogen-bond acceptors (Lipinski definition) is 2. The molecule has 3 heteroatoms. The van der Waals surface area contributed by atoms with Crippen molar-refractivity contribution in [2.75, 3.05) is 5.32 Å². The summed E-state index contributed by atoms with van der Waals surface area (Å²) in [5, 5.41) is 3.19. The molecule has 0 amide bonds. The molecule has 1 atom stereocenters. The quantitative estimate of drug-likeness (QED) is 0.849. The monoisotopic (exact) mass is 281 g/mol. The predicted molar refractivity (Wildman–Crippen MR) is 85.4 cm³/mol. The molecule has 3 rings (SSSR count). The Hall–Kier alpha value is -2.00. The lowest BCUT2D eigenvalue weighted by Crippen LogP contribution is -2.25. The van der Waals surface area contributed by atoms with Crippen LogP contribution in [0.25, 0.3) is 0 Å². The molecule has 0 aliphatic heterocycles. The Balaban J connectivity index is 1.77. The molecule has 0 saturated carbocycles. The Labute approximate surface area is 123 Å². The molecule has 1 N–H and O–H groups in total. The smallest absolute Gasteiger partial charge is 0.173 e. The van der Waals surface area contributed by atoms with Gasteiger partial charge in [-0.15, -0.1) is 0 Å². The van der Waals surface area contributed by atoms with E-state index < -0.39 is 0 Å². The van der Waals surface area contributed by atoms with Crippen molar-refractivity contribution in [1.82, 2.24) is 0 Å². The summed E-state index contributed by atoms with van der Waals surface area (Å²) in [5.41, 5.74) is 4.04. The van der Waals surface area contributed by atoms with Crippen LogP contribution in [-0.2, 0) is 6.42 Å². The van der Waals surface area contributed by atoms with Crippen LogP contribution in [0.2, 0.25) is 0 Å². The first kappa shape index (κ1) is 13.0. The summed E-state index contributed by atoms with van der Waals surface area (Å²) in [5.74, 6) is -0.103. The number of carbonyl (C=O) groups is 1. The normalized spacial score (nSPS) is 16.9. The van der Waals surface area contributed by atoms with E-state index in [0.29, 0.717) is 11.4 Å². The lowest BCUT2D eigenvalue weighted by atomic mass is 10.1. The van der Waals surface area contributed by atoms with E-state index in [-0.39, 0.29) is 11.7 Å². The number of fused-ring (bicyclic) bond motifs is 1. The van der Waals surface area contributed by atoms with Gasteiger partial charge in [-0.1, -0.05) is 54.2 Å². The highest BCUT2D eigenvalue weighted by Gasteiger charge is 2.33. The van der Waals surface area contributed by atoms with Gasteiger partial charge in [-0.05, 0) is 31.0 Å². The second-order valence-corrected chi connectivity index (χ2v) is 5.57. The van der Waals surface area contributed by atoms with E-state index >= 15 is 0 Å². The van der Waals surface area contributed by atoms with Crippen molar-refractivity contribution in [2.24, 2.45) is 5.92 Å². The van der Waals surface area contributed by atoms with E-state index in [1.807, 2.05) is 55.5 Å². The number of benzene rings is 2. The van der Waals surface area contributed by atoms with Crippen LogP contribution in [0.5, 0.6) is 0 Å². The Morgan fingerprint density at radius 1 is 1.15 bits per heavy atom. The van der Waals surface area contributed by atoms with Crippen molar-refractivity contribution in [3.05, 3.63) is 65.2 Å². The Bertz CT molecular complexity index is 676. The van der Waals surface area contributed by atoms with Crippen molar-refractivity contribution < 1.29 is 4.79 Å². The van der Waals surface area contributed by atoms with Crippen LogP contribution in [-0.4, -0.2) is 10.8 Å². The van der Waals surface area contributed by atoms with Gasteiger partial charge in [-0.3, -0.25) is 4.79 Å². The van der Waals surface area contributed by atoms with E-state index in [4.69, 9.17) is 12.2 Å². The van der Waals surface area contributed by atoms with Gasteiger partial charge in [0.1, 0.15) is 0 Å². The van der Waals surface area contributed by atoms with Crippen molar-refractivity contribution in [1.29, 1.82) is 0 Å². The van der Waals surface area contributed by atoms with E-state index in [1.165, 1.54) is 5.56 Å². The molecular formula is C17H15NOS. The molecule has 2 aromatic carbocycles. The molecule has 0 bridgehead atoms. The van der Waals surface area contributed by atoms with E-state index in [0.717, 1.165) is 16.8 Å². The first-order valence-electron chi connectivity index (χ1n) is 6.65. The van der Waals surface area contributed by atoms with Gasteiger partial charge in [-0.25, -0.2) is 0 Å². The summed E-state index contributed by atoms with van der Waals surface area (Å²) >= 11 is 5.42. The topological polar surface area (TPSA) is 29.1 Å². The standard InChI is InChI=1S/C17H15NOS/c1-11-6-8-13(9-7-11)18-17(20)15-10-12-4-2-3-5-14(12)16(15)19/h2-9,15H,10H2,1H3,(H,18,20). The van der Waals surface area contributed by atoms with E-state index in [9.17, 15) is 4.79 Å². The van der Waals surface area contributed by atoms with E-state index in [2.05, 4.69) is 5.32 Å². The number of hydrogen-bond donors (Lipinski definition) is 1. The van der Waals surface area contributed by atoms with E-state index in [1.54, 1.807) is 0 Å². The molecule has 1 aliphatic carbocycles. The second kappa shape index (κ2) is 5.17. The van der Waals surface area contributed by atoms with Gasteiger partial charge in [0.15, 0.2) is 5.78 Å². The summed E-state index contributed by atoms with van der Waals surface area (Å²) < 4.78 is 0. The van der Waals surface area contributed by atoms with Crippen molar-refractivity contribution in [3.63, 3.8) is 0 Å². The van der Waals surface area contributed by atoms with Gasteiger partial charge in [0.2, 0.25) is 0 Å². The molecule has 2 nitrogen and oxygen atoms in total. The molecule has 2 aromatic rings. The van der Waals surface area contributed by atoms with Gasteiger partial charge in [-0.2, -0.15) is 0 Å². The average molecular weight is 281 g/mol. The number of ketones is 1. The third-order valence-electron chi connectivity index (χ3n) is 3.66. The van der Waals surface area contributed by atoms with Gasteiger partial charge < -0.3 is 5.32 Å². The summed E-state index contributed by atoms with van der Waals surface area (Å²) in [6.45, 7) is 2.04. The SMILES string of the molecule is Cc1ccc(NC(=S)C2Cc3ccccc3C2=O)cc1. The van der Waals surface area contributed by atoms with Gasteiger partial charge in [0.25, 0.3) is 0 Å². The van der Waals surface area contributed by atoms with Crippen molar-refractivity contribution >= 4 is 28.7 Å². The Morgan fingerprint density at radius 3 is 2.55 bits per heavy atom. The molecule has 1 unspecified atom stereocenters. The minimum Gasteiger partial charge on any atom is -0.349 e. The first-order chi connectivity index (χ1) is 9.65. The highest BCUT2D eigenvalue weighted by Crippen LogP contribution is 2.28. The zero-order chi connectivity index (χ0) is 14.1. The fourth-order valence-electron chi connectivity index (χ4n) is 2.52. The predicted octanol–water partition coefficient (Wildman–Crippen LogP) is 3.79. The third kappa shape index (κ3) is 2.37. The van der Waals surface area contributed by atoms with Crippen LogP contribution in [0.15, 0.2) is 48.5 Å². The van der Waals surface area contributed by atoms with Crippen LogP contribution < -0.4 is 5.32 Å². The first-order valence-corrected chi connectivity index (χ1v) is 7.05. The number of nitrogens with one attached hydrogen (secondary N) is 1. The minimum absolute atomic E-state index is 0.130. The molecule has 0 fully saturated rings. The highest BCUT2D eigenvalue weighted by molar-refractivity contribution is 7.80. The molecule has 0 spiro atoms. The lowest BCUT2D eigenvalue weighted by molar-refractivity contribution is 0.0969. The third-order valence-corrected chi connectivity index (χ3v) is 4.05. The molecular weight excluding hydrogens is 266 g/mol. The summed E-state index contributed by atoms with van der Waals surface area (Å²) in [6, 6.07) is 15.8. The molecule has 0 aromatic heterocycles. The maximum atomic E-state index is 12.4. The fraction of sp³-hybridized carbons (Fsp3) is 0.176. The molecule has 0 heterocycles. The number of aryl methyl sites for hydroxylation is 1. The Kier molecular flexibility index (Phi) is 3.36. The second-order valence-electron chi connectivity index (χ2n) is 5.13. The molecule has 0 saturated heterocycles. The molecule has 0 radical (unpaired) electrons. The number of rotatable bonds is 2. The summed E-state index contributed by atoms with van der Waals surface area (Å²) in [4.78, 5) is 13.0. The number of anilines is 1. The van der Waals surface area contributed by atoms with Crippen LogP contribution in [0.1, 0.15) is 21.5 Å². The van der Waals surface area contributed by atoms with Crippen LogP contribution in [0.3, 0.4) is 0 Å². The maximum Gasteiger partial charge on any atom is 0.173 e. The van der Waals surface area contributed by atoms with Crippen LogP contribution in [0.4, 0.5) is 5.69 Å². The van der Waals surface area contributed by atoms with Gasteiger partial charge in [0.05, 0.1) is 10.9 Å². The van der Waals surface area contributed by atoms with Crippen LogP contribution in [0, 0.1) is 12.8 Å². The average Bonchev–Trinajstić information content (AvgIpc) is 2.79. The lowest BCUT2D eigenvalue weighted by Gasteiger charge is -2.13. The number of carbonyl (C=O) groups excluding carboxylic acids is 1. The van der Waals surface area contributed by atoms with Gasteiger partial charge >= 0.3 is 0 Å². The Morgan fingerprint density at radius 2 is 1.85 bits per heavy atom. The molecule has 1 aliphatic rings. The minimum atomic E-state index is -0.233. The fourth-order valence-corrected chi connectivity index (χ4v) is 2.83. The van der Waals surface area contributed by atoms with Crippen molar-refractivity contribution in [2.45, 2.75) is 13.3 Å². The highest BCUT2D eigenvalue weighted by atomic mass is 32.1. The maximum absolute atomic E-state index is 12.4. The zero-order valence-corrected chi connectivity index (χ0v) is 12.0. The summed E-state index contributed by atoms with van der Waals surface area (Å²) in [6.07, 6.45) is 0.701. The largest absolute Gasteiger partial charge is 0.349 e. The zero-order valence-electron chi connectivity index (χ0n) is 11.2. The van der Waals surface area contributed by atoms with Crippen LogP contribution >= 0.6 is 12.2 Å². The number of Topliss-reactive ketones (excluding diaryl/α,β-unsaturated/α-hetero) is 1.